The maximum absolute atomic E-state index is 12.3. The molecule has 1 N–H and O–H groups in total. The molecule has 1 aromatic rings. The van der Waals surface area contributed by atoms with Crippen molar-refractivity contribution in [1.29, 1.82) is 0 Å². The van der Waals surface area contributed by atoms with Crippen LogP contribution in [0.4, 0.5) is 10.5 Å². The summed E-state index contributed by atoms with van der Waals surface area (Å²) in [6.45, 7) is 4.59. The van der Waals surface area contributed by atoms with E-state index in [1.165, 1.54) is 7.11 Å². The lowest BCUT2D eigenvalue weighted by molar-refractivity contribution is -0.145. The molecule has 116 valence electrons. The van der Waals surface area contributed by atoms with Crippen molar-refractivity contribution in [1.82, 2.24) is 4.90 Å². The van der Waals surface area contributed by atoms with Crippen molar-refractivity contribution in [3.05, 3.63) is 29.3 Å². The van der Waals surface area contributed by atoms with Gasteiger partial charge in [0.05, 0.1) is 13.0 Å². The normalized spacial score (nSPS) is 11.6. The van der Waals surface area contributed by atoms with Crippen LogP contribution >= 0.6 is 11.6 Å². The quantitative estimate of drug-likeness (QED) is 0.819. The molecule has 0 aliphatic carbocycles. The number of carbonyl (C=O) groups excluding carboxylic acids is 2. The van der Waals surface area contributed by atoms with E-state index in [1.807, 2.05) is 6.92 Å². The monoisotopic (exact) mass is 312 g/mol. The Bertz CT molecular complexity index is 494. The molecule has 1 atom stereocenters. The van der Waals surface area contributed by atoms with Gasteiger partial charge in [0.1, 0.15) is 0 Å². The van der Waals surface area contributed by atoms with Crippen molar-refractivity contribution in [2.75, 3.05) is 25.5 Å². The molecule has 1 aromatic carbocycles. The summed E-state index contributed by atoms with van der Waals surface area (Å²) in [7, 11) is 1.34. The van der Waals surface area contributed by atoms with Crippen LogP contribution in [-0.2, 0) is 9.53 Å². The number of ether oxygens (including phenoxy) is 1. The molecule has 1 unspecified atom stereocenters. The highest BCUT2D eigenvalue weighted by Crippen LogP contribution is 2.16. The SMILES string of the molecule is CCCN(CC(C)C(=O)OC)C(=O)Nc1cccc(Cl)c1. The van der Waals surface area contributed by atoms with Gasteiger partial charge in [0.2, 0.25) is 0 Å². The fraction of sp³-hybridized carbons (Fsp3) is 0.467. The highest BCUT2D eigenvalue weighted by atomic mass is 35.5. The molecule has 0 aliphatic rings. The molecule has 0 aliphatic heterocycles. The van der Waals surface area contributed by atoms with Gasteiger partial charge in [-0.25, -0.2) is 4.79 Å². The van der Waals surface area contributed by atoms with Crippen LogP contribution in [0.5, 0.6) is 0 Å². The summed E-state index contributed by atoms with van der Waals surface area (Å²) >= 11 is 5.89. The summed E-state index contributed by atoms with van der Waals surface area (Å²) in [6, 6.07) is 6.68. The molecule has 2 amide bonds. The van der Waals surface area contributed by atoms with Gasteiger partial charge in [0.25, 0.3) is 0 Å². The first-order chi connectivity index (χ1) is 9.97. The summed E-state index contributed by atoms with van der Waals surface area (Å²) in [6.07, 6.45) is 0.802. The van der Waals surface area contributed by atoms with E-state index in [4.69, 9.17) is 16.3 Å². The van der Waals surface area contributed by atoms with Crippen LogP contribution in [0.3, 0.4) is 0 Å². The molecule has 1 rings (SSSR count). The Hall–Kier alpha value is -1.75. The van der Waals surface area contributed by atoms with Gasteiger partial charge in [-0.15, -0.1) is 0 Å². The van der Waals surface area contributed by atoms with Gasteiger partial charge in [-0.1, -0.05) is 31.5 Å². The molecule has 0 saturated carbocycles. The molecular weight excluding hydrogens is 292 g/mol. The summed E-state index contributed by atoms with van der Waals surface area (Å²) in [5, 5.41) is 3.33. The third kappa shape index (κ3) is 5.63. The zero-order valence-electron chi connectivity index (χ0n) is 12.6. The smallest absolute Gasteiger partial charge is 0.321 e. The van der Waals surface area contributed by atoms with E-state index in [1.54, 1.807) is 36.1 Å². The Morgan fingerprint density at radius 1 is 1.43 bits per heavy atom. The second kappa shape index (κ2) is 8.52. The zero-order chi connectivity index (χ0) is 15.8. The maximum Gasteiger partial charge on any atom is 0.321 e. The number of anilines is 1. The van der Waals surface area contributed by atoms with Crippen molar-refractivity contribution in [3.8, 4) is 0 Å². The van der Waals surface area contributed by atoms with Crippen LogP contribution in [0.15, 0.2) is 24.3 Å². The highest BCUT2D eigenvalue weighted by molar-refractivity contribution is 6.30. The average molecular weight is 313 g/mol. The minimum Gasteiger partial charge on any atom is -0.469 e. The summed E-state index contributed by atoms with van der Waals surface area (Å²) in [5.74, 6) is -0.696. The molecule has 5 nitrogen and oxygen atoms in total. The lowest BCUT2D eigenvalue weighted by Gasteiger charge is -2.25. The van der Waals surface area contributed by atoms with Crippen molar-refractivity contribution in [2.45, 2.75) is 20.3 Å². The number of amides is 2. The summed E-state index contributed by atoms with van der Waals surface area (Å²) in [4.78, 5) is 25.4. The minimum absolute atomic E-state index is 0.255. The number of nitrogens with one attached hydrogen (secondary N) is 1. The highest BCUT2D eigenvalue weighted by Gasteiger charge is 2.21. The number of halogens is 1. The molecule has 0 aromatic heterocycles. The van der Waals surface area contributed by atoms with Crippen LogP contribution in [0.25, 0.3) is 0 Å². The predicted molar refractivity (Wildman–Crippen MR) is 83.5 cm³/mol. The number of rotatable bonds is 6. The fourth-order valence-corrected chi connectivity index (χ4v) is 2.11. The number of methoxy groups -OCH3 is 1. The van der Waals surface area contributed by atoms with Gasteiger partial charge in [-0.2, -0.15) is 0 Å². The van der Waals surface area contributed by atoms with E-state index in [0.29, 0.717) is 23.8 Å². The van der Waals surface area contributed by atoms with Crippen LogP contribution in [-0.4, -0.2) is 37.1 Å². The maximum atomic E-state index is 12.3. The van der Waals surface area contributed by atoms with Gasteiger partial charge in [-0.3, -0.25) is 4.79 Å². The Balaban J connectivity index is 2.71. The molecule has 0 fully saturated rings. The number of carbonyl (C=O) groups is 2. The summed E-state index contributed by atoms with van der Waals surface area (Å²) < 4.78 is 4.69. The van der Waals surface area contributed by atoms with Crippen LogP contribution in [0, 0.1) is 5.92 Å². The number of benzene rings is 1. The third-order valence-electron chi connectivity index (χ3n) is 2.95. The molecule has 0 spiro atoms. The van der Waals surface area contributed by atoms with Gasteiger partial charge in [0.15, 0.2) is 0 Å². The number of esters is 1. The first kappa shape index (κ1) is 17.3. The van der Waals surface area contributed by atoms with Gasteiger partial charge in [0, 0.05) is 23.8 Å². The zero-order valence-corrected chi connectivity index (χ0v) is 13.3. The molecular formula is C15H21ClN2O3. The van der Waals surface area contributed by atoms with E-state index in [-0.39, 0.29) is 17.9 Å². The van der Waals surface area contributed by atoms with E-state index < -0.39 is 0 Å². The second-order valence-corrected chi connectivity index (χ2v) is 5.25. The Labute approximate surface area is 130 Å². The Kier molecular flexibility index (Phi) is 7.02. The van der Waals surface area contributed by atoms with Crippen LogP contribution in [0.2, 0.25) is 5.02 Å². The molecule has 0 radical (unpaired) electrons. The van der Waals surface area contributed by atoms with Gasteiger partial charge in [-0.05, 0) is 24.6 Å². The van der Waals surface area contributed by atoms with Crippen molar-refractivity contribution < 1.29 is 14.3 Å². The lowest BCUT2D eigenvalue weighted by Crippen LogP contribution is -2.40. The molecule has 0 heterocycles. The minimum atomic E-state index is -0.369. The number of nitrogens with zero attached hydrogens (tertiary/aromatic N) is 1. The van der Waals surface area contributed by atoms with Gasteiger partial charge >= 0.3 is 12.0 Å². The summed E-state index contributed by atoms with van der Waals surface area (Å²) in [5.41, 5.74) is 0.624. The largest absolute Gasteiger partial charge is 0.469 e. The van der Waals surface area contributed by atoms with E-state index >= 15 is 0 Å². The Morgan fingerprint density at radius 2 is 2.14 bits per heavy atom. The number of hydrogen-bond acceptors (Lipinski definition) is 3. The van der Waals surface area contributed by atoms with Gasteiger partial charge < -0.3 is 15.0 Å². The van der Waals surface area contributed by atoms with E-state index in [2.05, 4.69) is 5.32 Å². The van der Waals surface area contributed by atoms with Crippen LogP contribution < -0.4 is 5.32 Å². The lowest BCUT2D eigenvalue weighted by atomic mass is 10.1. The first-order valence-corrected chi connectivity index (χ1v) is 7.25. The van der Waals surface area contributed by atoms with Crippen LogP contribution in [0.1, 0.15) is 20.3 Å². The van der Waals surface area contributed by atoms with Crippen molar-refractivity contribution in [3.63, 3.8) is 0 Å². The standard InChI is InChI=1S/C15H21ClN2O3/c1-4-8-18(10-11(2)14(19)21-3)15(20)17-13-7-5-6-12(16)9-13/h5-7,9,11H,4,8,10H2,1-3H3,(H,17,20). The molecule has 21 heavy (non-hydrogen) atoms. The molecule has 0 bridgehead atoms. The predicted octanol–water partition coefficient (Wildman–Crippen LogP) is 3.39. The number of hydrogen-bond donors (Lipinski definition) is 1. The van der Waals surface area contributed by atoms with Crippen molar-refractivity contribution in [2.24, 2.45) is 5.92 Å². The average Bonchev–Trinajstić information content (AvgIpc) is 2.45. The molecule has 6 heteroatoms. The Morgan fingerprint density at radius 3 is 2.71 bits per heavy atom. The van der Waals surface area contributed by atoms with E-state index in [0.717, 1.165) is 6.42 Å². The molecule has 0 saturated heterocycles. The van der Waals surface area contributed by atoms with E-state index in [9.17, 15) is 9.59 Å². The fourth-order valence-electron chi connectivity index (χ4n) is 1.92. The third-order valence-corrected chi connectivity index (χ3v) is 3.19. The number of urea groups is 1. The second-order valence-electron chi connectivity index (χ2n) is 4.81. The first-order valence-electron chi connectivity index (χ1n) is 6.87. The topological polar surface area (TPSA) is 58.6 Å². The van der Waals surface area contributed by atoms with Crippen molar-refractivity contribution >= 4 is 29.3 Å².